The number of aryl methyl sites for hydroxylation is 1. The summed E-state index contributed by atoms with van der Waals surface area (Å²) in [5.74, 6) is -0.157. The maximum absolute atomic E-state index is 13.0. The molecule has 178 valence electrons. The first-order valence-corrected chi connectivity index (χ1v) is 11.5. The fourth-order valence-electron chi connectivity index (χ4n) is 4.58. The zero-order chi connectivity index (χ0) is 24.1. The molecule has 1 aliphatic rings. The van der Waals surface area contributed by atoms with Crippen molar-refractivity contribution in [2.24, 2.45) is 5.73 Å². The summed E-state index contributed by atoms with van der Waals surface area (Å²) in [6.45, 7) is 2.34. The molecule has 3 aromatic rings. The van der Waals surface area contributed by atoms with Crippen molar-refractivity contribution in [3.05, 3.63) is 71.4 Å². The van der Waals surface area contributed by atoms with Crippen LogP contribution in [0, 0.1) is 6.92 Å². The molecular weight excluding hydrogens is 432 g/mol. The molecule has 5 N–H and O–H groups in total. The third-order valence-corrected chi connectivity index (χ3v) is 6.43. The van der Waals surface area contributed by atoms with E-state index in [1.165, 1.54) is 0 Å². The van der Waals surface area contributed by atoms with Crippen LogP contribution < -0.4 is 21.3 Å². The van der Waals surface area contributed by atoms with Gasteiger partial charge >= 0.3 is 0 Å². The Kier molecular flexibility index (Phi) is 7.09. The van der Waals surface area contributed by atoms with Crippen LogP contribution in [0.2, 0.25) is 0 Å². The first-order chi connectivity index (χ1) is 16.4. The van der Waals surface area contributed by atoms with E-state index in [1.54, 1.807) is 29.7 Å². The van der Waals surface area contributed by atoms with Gasteiger partial charge in [-0.3, -0.25) is 19.8 Å². The molecule has 0 bridgehead atoms. The Morgan fingerprint density at radius 3 is 2.56 bits per heavy atom. The van der Waals surface area contributed by atoms with E-state index >= 15 is 0 Å². The number of hydrogen-bond donors (Lipinski definition) is 4. The number of pyridine rings is 1. The van der Waals surface area contributed by atoms with Crippen molar-refractivity contribution in [2.75, 3.05) is 0 Å². The average Bonchev–Trinajstić information content (AvgIpc) is 2.84. The van der Waals surface area contributed by atoms with Gasteiger partial charge in [0, 0.05) is 33.8 Å². The highest BCUT2D eigenvalue weighted by Gasteiger charge is 2.38. The molecule has 8 nitrogen and oxygen atoms in total. The summed E-state index contributed by atoms with van der Waals surface area (Å²) in [6, 6.07) is 16.9. The van der Waals surface area contributed by atoms with E-state index in [-0.39, 0.29) is 18.4 Å². The van der Waals surface area contributed by atoms with Gasteiger partial charge in [0.05, 0.1) is 11.9 Å². The number of para-hydroxylation sites is 1. The summed E-state index contributed by atoms with van der Waals surface area (Å²) in [5, 5.41) is 13.0. The summed E-state index contributed by atoms with van der Waals surface area (Å²) in [7, 11) is 0. The zero-order valence-electron chi connectivity index (χ0n) is 19.2. The standard InChI is InChI=1S/C26H30N4O4/c1-17-14-19(22-4-2-3-5-23(22)28-17)16-34-21-8-6-18(7-9-21)25(32)29-26(15-24(31)30-33)12-10-20(27)11-13-26/h2-9,14,20,33H,10-13,15-16,27H2,1H3,(H,29,32)(H,30,31)/t20-,26-. The Balaban J connectivity index is 1.43. The van der Waals surface area contributed by atoms with E-state index in [4.69, 9.17) is 15.7 Å². The smallest absolute Gasteiger partial charge is 0.251 e. The number of carbonyl (C=O) groups excluding carboxylic acids is 2. The van der Waals surface area contributed by atoms with Crippen molar-refractivity contribution in [3.8, 4) is 5.75 Å². The summed E-state index contributed by atoms with van der Waals surface area (Å²) < 4.78 is 5.98. The molecule has 1 saturated carbocycles. The lowest BCUT2D eigenvalue weighted by Gasteiger charge is -2.39. The fraction of sp³-hybridized carbons (Fsp3) is 0.346. The van der Waals surface area contributed by atoms with Crippen LogP contribution in [-0.4, -0.2) is 33.6 Å². The Labute approximate surface area is 198 Å². The lowest BCUT2D eigenvalue weighted by Crippen LogP contribution is -2.54. The second-order valence-corrected chi connectivity index (χ2v) is 9.04. The molecule has 0 spiro atoms. The number of nitrogens with two attached hydrogens (primary N) is 1. The van der Waals surface area contributed by atoms with Gasteiger partial charge in [-0.05, 0) is 69.0 Å². The van der Waals surface area contributed by atoms with Gasteiger partial charge in [0.25, 0.3) is 5.91 Å². The minimum atomic E-state index is -0.727. The average molecular weight is 463 g/mol. The summed E-state index contributed by atoms with van der Waals surface area (Å²) in [6.07, 6.45) is 2.56. The number of ether oxygens (including phenoxy) is 1. The molecule has 0 radical (unpaired) electrons. The number of nitrogens with zero attached hydrogens (tertiary/aromatic N) is 1. The highest BCUT2D eigenvalue weighted by Crippen LogP contribution is 2.31. The van der Waals surface area contributed by atoms with Gasteiger partial charge in [-0.2, -0.15) is 0 Å². The van der Waals surface area contributed by atoms with Crippen molar-refractivity contribution in [1.29, 1.82) is 0 Å². The summed E-state index contributed by atoms with van der Waals surface area (Å²) >= 11 is 0. The molecule has 2 amide bonds. The second kappa shape index (κ2) is 10.2. The predicted octanol–water partition coefficient (Wildman–Crippen LogP) is 3.39. The van der Waals surface area contributed by atoms with E-state index in [2.05, 4.69) is 10.3 Å². The lowest BCUT2D eigenvalue weighted by molar-refractivity contribution is -0.131. The van der Waals surface area contributed by atoms with Crippen molar-refractivity contribution < 1.29 is 19.5 Å². The van der Waals surface area contributed by atoms with Crippen molar-refractivity contribution in [1.82, 2.24) is 15.8 Å². The topological polar surface area (TPSA) is 127 Å². The molecule has 2 aromatic carbocycles. The number of aromatic nitrogens is 1. The van der Waals surface area contributed by atoms with Gasteiger partial charge in [-0.15, -0.1) is 0 Å². The molecule has 0 saturated heterocycles. The van der Waals surface area contributed by atoms with Gasteiger partial charge < -0.3 is 15.8 Å². The number of rotatable bonds is 7. The van der Waals surface area contributed by atoms with E-state index in [9.17, 15) is 9.59 Å². The number of nitrogens with one attached hydrogen (secondary N) is 2. The fourth-order valence-corrected chi connectivity index (χ4v) is 4.58. The van der Waals surface area contributed by atoms with Crippen LogP contribution in [0.4, 0.5) is 0 Å². The second-order valence-electron chi connectivity index (χ2n) is 9.04. The zero-order valence-corrected chi connectivity index (χ0v) is 19.2. The number of benzene rings is 2. The molecule has 1 heterocycles. The molecule has 0 aliphatic heterocycles. The number of amides is 2. The van der Waals surface area contributed by atoms with Crippen LogP contribution in [0.5, 0.6) is 5.75 Å². The van der Waals surface area contributed by atoms with Gasteiger partial charge in [-0.1, -0.05) is 18.2 Å². The highest BCUT2D eigenvalue weighted by molar-refractivity contribution is 5.95. The number of carbonyl (C=O) groups is 2. The van der Waals surface area contributed by atoms with E-state index in [0.29, 0.717) is 43.6 Å². The predicted molar refractivity (Wildman–Crippen MR) is 128 cm³/mol. The van der Waals surface area contributed by atoms with Crippen LogP contribution >= 0.6 is 0 Å². The SMILES string of the molecule is Cc1cc(COc2ccc(C(=O)N[C@]3(CC(=O)NO)CC[C@@H](N)CC3)cc2)c2ccccc2n1. The summed E-state index contributed by atoms with van der Waals surface area (Å²) in [4.78, 5) is 29.4. The number of fused-ring (bicyclic) bond motifs is 1. The van der Waals surface area contributed by atoms with Crippen LogP contribution in [0.25, 0.3) is 10.9 Å². The quantitative estimate of drug-likeness (QED) is 0.315. The first-order valence-electron chi connectivity index (χ1n) is 11.5. The Bertz CT molecular complexity index is 1170. The van der Waals surface area contributed by atoms with Crippen molar-refractivity contribution in [3.63, 3.8) is 0 Å². The molecule has 1 aromatic heterocycles. The lowest BCUT2D eigenvalue weighted by atomic mass is 9.77. The summed E-state index contributed by atoms with van der Waals surface area (Å²) in [5.41, 5.74) is 10.3. The van der Waals surface area contributed by atoms with E-state index < -0.39 is 11.4 Å². The molecule has 8 heteroatoms. The molecule has 1 fully saturated rings. The normalized spacial score (nSPS) is 20.0. The van der Waals surface area contributed by atoms with Gasteiger partial charge in [0.15, 0.2) is 0 Å². The molecule has 0 atom stereocenters. The van der Waals surface area contributed by atoms with Crippen molar-refractivity contribution in [2.45, 2.75) is 57.2 Å². The first kappa shape index (κ1) is 23.7. The molecular formula is C26H30N4O4. The largest absolute Gasteiger partial charge is 0.489 e. The minimum absolute atomic E-state index is 0.00244. The van der Waals surface area contributed by atoms with Crippen LogP contribution in [-0.2, 0) is 11.4 Å². The third-order valence-electron chi connectivity index (χ3n) is 6.43. The monoisotopic (exact) mass is 462 g/mol. The molecule has 34 heavy (non-hydrogen) atoms. The van der Waals surface area contributed by atoms with Crippen LogP contribution in [0.1, 0.15) is 53.7 Å². The Morgan fingerprint density at radius 2 is 1.85 bits per heavy atom. The van der Waals surface area contributed by atoms with Crippen LogP contribution in [0.3, 0.4) is 0 Å². The number of hydroxylamine groups is 1. The highest BCUT2D eigenvalue weighted by atomic mass is 16.5. The van der Waals surface area contributed by atoms with Crippen LogP contribution in [0.15, 0.2) is 54.6 Å². The Morgan fingerprint density at radius 1 is 1.15 bits per heavy atom. The van der Waals surface area contributed by atoms with Gasteiger partial charge in [0.1, 0.15) is 12.4 Å². The van der Waals surface area contributed by atoms with E-state index in [1.807, 2.05) is 37.3 Å². The minimum Gasteiger partial charge on any atom is -0.489 e. The van der Waals surface area contributed by atoms with E-state index in [0.717, 1.165) is 22.2 Å². The van der Waals surface area contributed by atoms with Gasteiger partial charge in [0.2, 0.25) is 5.91 Å². The maximum atomic E-state index is 13.0. The molecule has 4 rings (SSSR count). The third kappa shape index (κ3) is 5.52. The Hall–Kier alpha value is -3.49. The van der Waals surface area contributed by atoms with Crippen molar-refractivity contribution >= 4 is 22.7 Å². The molecule has 1 aliphatic carbocycles. The number of hydrogen-bond acceptors (Lipinski definition) is 6. The van der Waals surface area contributed by atoms with Gasteiger partial charge in [-0.25, -0.2) is 5.48 Å². The maximum Gasteiger partial charge on any atom is 0.251 e. The molecule has 0 unspecified atom stereocenters.